The smallest absolute Gasteiger partial charge is 0.200 e. The Morgan fingerprint density at radius 2 is 1.71 bits per heavy atom. The van der Waals surface area contributed by atoms with E-state index >= 15 is 0 Å². The monoisotopic (exact) mass is 225 g/mol. The SMILES string of the molecule is [B]C1([B])NC([B])([B])C1Oc1cccc(F)c1F. The fourth-order valence-corrected chi connectivity index (χ4v) is 1.72. The van der Waals surface area contributed by atoms with Crippen molar-refractivity contribution in [2.75, 3.05) is 0 Å². The highest BCUT2D eigenvalue weighted by atomic mass is 19.2. The van der Waals surface area contributed by atoms with Gasteiger partial charge in [0, 0.05) is 0 Å². The van der Waals surface area contributed by atoms with Crippen LogP contribution in [0.4, 0.5) is 8.78 Å². The predicted molar refractivity (Wildman–Crippen MR) is 62.4 cm³/mol. The van der Waals surface area contributed by atoms with Crippen LogP contribution in [-0.4, -0.2) is 48.2 Å². The first-order valence-electron chi connectivity index (χ1n) is 4.79. The molecule has 2 rings (SSSR count). The zero-order valence-electron chi connectivity index (χ0n) is 8.78. The molecule has 0 amide bonds. The van der Waals surface area contributed by atoms with E-state index in [9.17, 15) is 8.78 Å². The quantitative estimate of drug-likeness (QED) is 0.671. The van der Waals surface area contributed by atoms with Crippen LogP contribution < -0.4 is 10.1 Å². The van der Waals surface area contributed by atoms with Crippen molar-refractivity contribution in [1.82, 2.24) is 5.32 Å². The second kappa shape index (κ2) is 3.80. The standard InChI is InChI=1S/C9H5B4F2NO/c10-8(11)7(9(12,13)16-8)17-5-3-1-2-4(14)6(5)15/h1-3,7,16H. The molecule has 2 nitrogen and oxygen atoms in total. The molecule has 0 spiro atoms. The highest BCUT2D eigenvalue weighted by Gasteiger charge is 2.52. The van der Waals surface area contributed by atoms with Crippen molar-refractivity contribution >= 4 is 31.4 Å². The van der Waals surface area contributed by atoms with Crippen molar-refractivity contribution < 1.29 is 13.5 Å². The maximum atomic E-state index is 13.3. The van der Waals surface area contributed by atoms with Gasteiger partial charge in [0.05, 0.1) is 31.4 Å². The Morgan fingerprint density at radius 3 is 2.24 bits per heavy atom. The van der Waals surface area contributed by atoms with Crippen molar-refractivity contribution in [3.63, 3.8) is 0 Å². The molecule has 1 aromatic carbocycles. The minimum Gasteiger partial charge on any atom is -0.487 e. The molecule has 0 unspecified atom stereocenters. The Labute approximate surface area is 103 Å². The lowest BCUT2D eigenvalue weighted by molar-refractivity contribution is 0.0571. The fourth-order valence-electron chi connectivity index (χ4n) is 1.72. The lowest BCUT2D eigenvalue weighted by Crippen LogP contribution is -2.86. The lowest BCUT2D eigenvalue weighted by Gasteiger charge is -2.60. The highest BCUT2D eigenvalue weighted by Crippen LogP contribution is 2.31. The number of benzene rings is 1. The van der Waals surface area contributed by atoms with E-state index in [1.165, 1.54) is 12.1 Å². The molecule has 8 heteroatoms. The van der Waals surface area contributed by atoms with Crippen molar-refractivity contribution in [1.29, 1.82) is 0 Å². The van der Waals surface area contributed by atoms with Gasteiger partial charge in [0.15, 0.2) is 11.6 Å². The Morgan fingerprint density at radius 1 is 1.12 bits per heavy atom. The van der Waals surface area contributed by atoms with Crippen LogP contribution in [0.2, 0.25) is 0 Å². The normalized spacial score (nSPS) is 21.8. The summed E-state index contributed by atoms with van der Waals surface area (Å²) in [5.41, 5.74) is 0. The summed E-state index contributed by atoms with van der Waals surface area (Å²) in [4.78, 5) is 0. The van der Waals surface area contributed by atoms with Crippen LogP contribution >= 0.6 is 0 Å². The van der Waals surface area contributed by atoms with E-state index in [0.717, 1.165) is 6.07 Å². The maximum absolute atomic E-state index is 13.3. The molecule has 1 saturated heterocycles. The van der Waals surface area contributed by atoms with Gasteiger partial charge in [-0.05, 0) is 22.8 Å². The zero-order chi connectivity index (χ0) is 12.8. The molecule has 8 radical (unpaired) electrons. The van der Waals surface area contributed by atoms with Crippen molar-refractivity contribution in [3.05, 3.63) is 29.8 Å². The van der Waals surface area contributed by atoms with E-state index in [1.807, 2.05) is 0 Å². The number of rotatable bonds is 2. The van der Waals surface area contributed by atoms with E-state index in [1.54, 1.807) is 0 Å². The van der Waals surface area contributed by atoms with Crippen LogP contribution in [0.3, 0.4) is 0 Å². The number of hydrogen-bond donors (Lipinski definition) is 1. The Kier molecular flexibility index (Phi) is 2.81. The Bertz CT molecular complexity index is 441. The Hall–Kier alpha value is -0.900. The molecule has 1 aliphatic rings. The molecule has 1 fully saturated rings. The summed E-state index contributed by atoms with van der Waals surface area (Å²) in [7, 11) is 22.2. The van der Waals surface area contributed by atoms with Gasteiger partial charge in [-0.3, -0.25) is 0 Å². The van der Waals surface area contributed by atoms with Crippen molar-refractivity contribution in [2.45, 2.75) is 16.8 Å². The van der Waals surface area contributed by atoms with E-state index in [-0.39, 0.29) is 5.75 Å². The minimum atomic E-state index is -1.50. The van der Waals surface area contributed by atoms with Crippen LogP contribution in [-0.2, 0) is 0 Å². The highest BCUT2D eigenvalue weighted by molar-refractivity contribution is 6.49. The lowest BCUT2D eigenvalue weighted by atomic mass is 9.38. The van der Waals surface area contributed by atoms with Gasteiger partial charge in [0.2, 0.25) is 5.82 Å². The molecule has 1 aromatic rings. The van der Waals surface area contributed by atoms with Gasteiger partial charge in [-0.15, -0.1) is 0 Å². The van der Waals surface area contributed by atoms with E-state index in [0.29, 0.717) is 0 Å². The number of nitrogens with one attached hydrogen (secondary N) is 1. The van der Waals surface area contributed by atoms with Gasteiger partial charge in [-0.2, -0.15) is 4.39 Å². The third-order valence-corrected chi connectivity index (χ3v) is 2.46. The third-order valence-electron chi connectivity index (χ3n) is 2.46. The molecule has 1 N–H and O–H groups in total. The molecular formula is C9H5B4F2NO. The third kappa shape index (κ3) is 2.10. The maximum Gasteiger partial charge on any atom is 0.200 e. The average Bonchev–Trinajstić information content (AvgIpc) is 2.18. The van der Waals surface area contributed by atoms with Crippen LogP contribution in [0.15, 0.2) is 18.2 Å². The number of halogens is 2. The summed E-state index contributed by atoms with van der Waals surface area (Å²) in [6, 6.07) is 3.46. The largest absolute Gasteiger partial charge is 0.487 e. The molecule has 0 aromatic heterocycles. The summed E-state index contributed by atoms with van der Waals surface area (Å²) >= 11 is 0. The van der Waals surface area contributed by atoms with Gasteiger partial charge in [-0.1, -0.05) is 6.07 Å². The fraction of sp³-hybridized carbons (Fsp3) is 0.333. The van der Waals surface area contributed by atoms with Gasteiger partial charge < -0.3 is 10.1 Å². The Balaban J connectivity index is 2.24. The molecule has 17 heavy (non-hydrogen) atoms. The van der Waals surface area contributed by atoms with E-state index in [2.05, 4.69) is 5.32 Å². The van der Waals surface area contributed by atoms with Gasteiger partial charge in [0.25, 0.3) is 0 Å². The van der Waals surface area contributed by atoms with E-state index in [4.69, 9.17) is 36.1 Å². The number of hydrogen-bond acceptors (Lipinski definition) is 2. The van der Waals surface area contributed by atoms with Crippen LogP contribution in [0.1, 0.15) is 0 Å². The van der Waals surface area contributed by atoms with E-state index < -0.39 is 28.4 Å². The minimum absolute atomic E-state index is 0.350. The second-order valence-electron chi connectivity index (χ2n) is 4.04. The molecule has 1 heterocycles. The van der Waals surface area contributed by atoms with Crippen LogP contribution in [0, 0.1) is 11.6 Å². The molecule has 0 atom stereocenters. The van der Waals surface area contributed by atoms with Crippen molar-refractivity contribution in [2.24, 2.45) is 0 Å². The van der Waals surface area contributed by atoms with Gasteiger partial charge in [-0.25, -0.2) is 4.39 Å². The van der Waals surface area contributed by atoms with Crippen LogP contribution in [0.25, 0.3) is 0 Å². The molecule has 1 aliphatic heterocycles. The molecule has 0 bridgehead atoms. The zero-order valence-corrected chi connectivity index (χ0v) is 8.78. The molecule has 78 valence electrons. The van der Waals surface area contributed by atoms with Crippen molar-refractivity contribution in [3.8, 4) is 5.75 Å². The van der Waals surface area contributed by atoms with Crippen LogP contribution in [0.5, 0.6) is 5.75 Å². The molecular weight excluding hydrogens is 219 g/mol. The summed E-state index contributed by atoms with van der Waals surface area (Å²) in [6.07, 6.45) is -1.09. The first-order chi connectivity index (χ1) is 7.74. The first-order valence-corrected chi connectivity index (χ1v) is 4.79. The van der Waals surface area contributed by atoms with Gasteiger partial charge >= 0.3 is 0 Å². The average molecular weight is 224 g/mol. The topological polar surface area (TPSA) is 21.3 Å². The summed E-state index contributed by atoms with van der Waals surface area (Å²) in [5, 5.41) is -0.563. The summed E-state index contributed by atoms with van der Waals surface area (Å²) in [5.74, 6) is -2.54. The second-order valence-corrected chi connectivity index (χ2v) is 4.04. The molecule has 0 saturated carbocycles. The summed E-state index contributed by atoms with van der Waals surface area (Å²) < 4.78 is 31.4. The van der Waals surface area contributed by atoms with Gasteiger partial charge in [0.1, 0.15) is 6.10 Å². The molecule has 0 aliphatic carbocycles. The number of ether oxygens (including phenoxy) is 1. The first kappa shape index (κ1) is 12.6. The summed E-state index contributed by atoms with van der Waals surface area (Å²) in [6.45, 7) is 0. The predicted octanol–water partition coefficient (Wildman–Crippen LogP) is -0.703.